The van der Waals surface area contributed by atoms with Crippen LogP contribution < -0.4 is 10.1 Å². The first-order chi connectivity index (χ1) is 24.4. The largest absolute Gasteiger partial charge is 0.496 e. The fourth-order valence-electron chi connectivity index (χ4n) is 5.53. The van der Waals surface area contributed by atoms with E-state index in [-0.39, 0.29) is 38.2 Å². The first-order valence-electron chi connectivity index (χ1n) is 17.4. The molecule has 52 heavy (non-hydrogen) atoms. The van der Waals surface area contributed by atoms with Crippen LogP contribution in [0.1, 0.15) is 96.1 Å². The number of amides is 2. The Kier molecular flexibility index (Phi) is 14.7. The number of esters is 3. The number of aryl methyl sites for hydroxylation is 2. The van der Waals surface area contributed by atoms with E-state index in [1.54, 1.807) is 46.1 Å². The molecule has 0 bridgehead atoms. The Hall–Kier alpha value is -5.07. The summed E-state index contributed by atoms with van der Waals surface area (Å²) in [6, 6.07) is 9.68. The van der Waals surface area contributed by atoms with Crippen molar-refractivity contribution < 1.29 is 47.7 Å². The molecule has 13 heteroatoms. The molecule has 1 aromatic carbocycles. The molecular formula is C39H51N3O10. The van der Waals surface area contributed by atoms with Crippen molar-refractivity contribution in [3.8, 4) is 5.75 Å². The summed E-state index contributed by atoms with van der Waals surface area (Å²) in [7, 11) is 1.59. The molecule has 2 aromatic rings. The number of carbonyl (C=O) groups excluding carboxylic acids is 6. The summed E-state index contributed by atoms with van der Waals surface area (Å²) in [5, 5.41) is 2.69. The first kappa shape index (κ1) is 41.4. The van der Waals surface area contributed by atoms with Crippen molar-refractivity contribution in [2.24, 2.45) is 5.41 Å². The number of carbonyl (C=O) groups is 6. The van der Waals surface area contributed by atoms with E-state index in [0.717, 1.165) is 17.2 Å². The molecule has 1 aliphatic rings. The summed E-state index contributed by atoms with van der Waals surface area (Å²) >= 11 is 0. The minimum atomic E-state index is -1.35. The fourth-order valence-corrected chi connectivity index (χ4v) is 5.53. The topological polar surface area (TPSA) is 168 Å². The van der Waals surface area contributed by atoms with E-state index in [1.807, 2.05) is 25.1 Å². The van der Waals surface area contributed by atoms with Crippen LogP contribution in [0, 0.1) is 12.3 Å². The van der Waals surface area contributed by atoms with Gasteiger partial charge in [-0.3, -0.25) is 19.2 Å². The number of Topliss-reactive ketones (excluding diaryl/α,β-unsaturated/α-hetero) is 1. The normalized spacial score (nSPS) is 15.1. The van der Waals surface area contributed by atoms with Gasteiger partial charge in [0.1, 0.15) is 35.9 Å². The maximum atomic E-state index is 13.9. The number of ketones is 1. The van der Waals surface area contributed by atoms with Crippen molar-refractivity contribution in [1.82, 2.24) is 9.88 Å². The van der Waals surface area contributed by atoms with Gasteiger partial charge < -0.3 is 29.2 Å². The molecule has 282 valence electrons. The molecule has 3 rings (SSSR count). The van der Waals surface area contributed by atoms with Gasteiger partial charge in [0.2, 0.25) is 11.7 Å². The highest BCUT2D eigenvalue weighted by molar-refractivity contribution is 6.38. The van der Waals surface area contributed by atoms with E-state index in [2.05, 4.69) is 16.9 Å². The highest BCUT2D eigenvalue weighted by atomic mass is 16.6. The molecule has 0 unspecified atom stereocenters. The van der Waals surface area contributed by atoms with Gasteiger partial charge in [0.15, 0.2) is 0 Å². The molecule has 1 N–H and O–H groups in total. The second-order valence-corrected chi connectivity index (χ2v) is 14.4. The summed E-state index contributed by atoms with van der Waals surface area (Å²) in [6.07, 6.45) is 2.10. The van der Waals surface area contributed by atoms with Crippen LogP contribution in [0.5, 0.6) is 5.75 Å². The number of nitrogens with one attached hydrogen (secondary N) is 1. The number of likely N-dealkylation sites (tertiary alicyclic amines) is 1. The minimum absolute atomic E-state index is 0.112. The first-order valence-corrected chi connectivity index (χ1v) is 17.4. The predicted octanol–water partition coefficient (Wildman–Crippen LogP) is 5.38. The maximum Gasteiger partial charge on any atom is 0.330 e. The zero-order valence-electron chi connectivity index (χ0n) is 31.2. The summed E-state index contributed by atoms with van der Waals surface area (Å²) in [5.41, 5.74) is 0.225. The number of hydrogen-bond donors (Lipinski definition) is 1. The average Bonchev–Trinajstić information content (AvgIpc) is 3.10. The second kappa shape index (κ2) is 18.4. The van der Waals surface area contributed by atoms with Gasteiger partial charge in [-0.1, -0.05) is 24.8 Å². The highest BCUT2D eigenvalue weighted by Gasteiger charge is 2.42. The van der Waals surface area contributed by atoms with Crippen LogP contribution in [0.25, 0.3) is 0 Å². The van der Waals surface area contributed by atoms with Gasteiger partial charge in [-0.05, 0) is 103 Å². The van der Waals surface area contributed by atoms with Crippen LogP contribution in [0.15, 0.2) is 49.1 Å². The Morgan fingerprint density at radius 3 is 2.44 bits per heavy atom. The number of rotatable bonds is 16. The van der Waals surface area contributed by atoms with Crippen molar-refractivity contribution in [3.63, 3.8) is 0 Å². The molecule has 0 radical (unpaired) electrons. The van der Waals surface area contributed by atoms with Crippen LogP contribution in [0.2, 0.25) is 0 Å². The Morgan fingerprint density at radius 1 is 1.04 bits per heavy atom. The number of piperidine rings is 1. The number of benzene rings is 1. The van der Waals surface area contributed by atoms with E-state index in [0.29, 0.717) is 37.1 Å². The van der Waals surface area contributed by atoms with Gasteiger partial charge in [0, 0.05) is 19.0 Å². The maximum absolute atomic E-state index is 13.9. The molecule has 1 aliphatic heterocycles. The van der Waals surface area contributed by atoms with Crippen molar-refractivity contribution in [2.45, 2.75) is 104 Å². The monoisotopic (exact) mass is 721 g/mol. The molecular weight excluding hydrogens is 670 g/mol. The molecule has 2 amide bonds. The van der Waals surface area contributed by atoms with E-state index < -0.39 is 58.7 Å². The van der Waals surface area contributed by atoms with Gasteiger partial charge >= 0.3 is 17.9 Å². The van der Waals surface area contributed by atoms with E-state index in [1.165, 1.54) is 18.7 Å². The van der Waals surface area contributed by atoms with E-state index in [4.69, 9.17) is 18.9 Å². The van der Waals surface area contributed by atoms with Crippen molar-refractivity contribution >= 4 is 41.3 Å². The molecule has 1 fully saturated rings. The standard InChI is InChI=1S/C39H51N3O10/c1-9-33(44)50-24-39(6,7)35(46)36(47)42-22-11-10-14-28(42)37(48)51-29(19-18-26-17-16-25(2)30(23-26)49-8)27-13-12-15-31(40-27)41-32(43)20-21-34(45)52-38(3,4)5/h9,12-13,15-17,23,28-29H,1,10-11,14,18-22,24H2,2-8H3,(H,40,41,43)/t28-,29+/m0/s1. The van der Waals surface area contributed by atoms with Gasteiger partial charge in [0.05, 0.1) is 24.6 Å². The van der Waals surface area contributed by atoms with Crippen molar-refractivity contribution in [2.75, 3.05) is 25.6 Å². The van der Waals surface area contributed by atoms with Gasteiger partial charge in [-0.25, -0.2) is 14.6 Å². The number of methoxy groups -OCH3 is 1. The summed E-state index contributed by atoms with van der Waals surface area (Å²) in [4.78, 5) is 83.1. The molecule has 1 saturated heterocycles. The Bertz CT molecular complexity index is 1640. The Balaban J connectivity index is 1.83. The quantitative estimate of drug-likeness (QED) is 0.102. The second-order valence-electron chi connectivity index (χ2n) is 14.4. The van der Waals surface area contributed by atoms with Crippen LogP contribution in [0.3, 0.4) is 0 Å². The van der Waals surface area contributed by atoms with Crippen molar-refractivity contribution in [3.05, 3.63) is 65.9 Å². The lowest BCUT2D eigenvalue weighted by atomic mass is 9.87. The van der Waals surface area contributed by atoms with Crippen LogP contribution in [0.4, 0.5) is 5.82 Å². The molecule has 0 aliphatic carbocycles. The smallest absolute Gasteiger partial charge is 0.330 e. The number of nitrogens with zero attached hydrogens (tertiary/aromatic N) is 2. The SMILES string of the molecule is C=CC(=O)OCC(C)(C)C(=O)C(=O)N1CCCC[C@H]1C(=O)O[C@H](CCc1ccc(C)c(OC)c1)c1cccc(NC(=O)CCC(=O)OC(C)(C)C)n1. The lowest BCUT2D eigenvalue weighted by Crippen LogP contribution is -2.53. The number of hydrogen-bond acceptors (Lipinski definition) is 11. The fraction of sp³-hybridized carbons (Fsp3) is 0.513. The third-order valence-electron chi connectivity index (χ3n) is 8.36. The summed E-state index contributed by atoms with van der Waals surface area (Å²) in [5.74, 6) is -3.12. The lowest BCUT2D eigenvalue weighted by Gasteiger charge is -2.36. The number of anilines is 1. The van der Waals surface area contributed by atoms with Crippen LogP contribution >= 0.6 is 0 Å². The molecule has 2 heterocycles. The minimum Gasteiger partial charge on any atom is -0.496 e. The molecule has 1 aromatic heterocycles. The van der Waals surface area contributed by atoms with Crippen LogP contribution in [-0.2, 0) is 49.4 Å². The Morgan fingerprint density at radius 2 is 1.77 bits per heavy atom. The molecule has 0 saturated carbocycles. The van der Waals surface area contributed by atoms with Crippen molar-refractivity contribution in [1.29, 1.82) is 0 Å². The zero-order chi connectivity index (χ0) is 38.6. The number of pyridine rings is 1. The molecule has 13 nitrogen and oxygen atoms in total. The summed E-state index contributed by atoms with van der Waals surface area (Å²) in [6.45, 7) is 13.3. The number of aromatic nitrogens is 1. The highest BCUT2D eigenvalue weighted by Crippen LogP contribution is 2.29. The van der Waals surface area contributed by atoms with E-state index >= 15 is 0 Å². The van der Waals surface area contributed by atoms with E-state index in [9.17, 15) is 28.8 Å². The lowest BCUT2D eigenvalue weighted by molar-refractivity contribution is -0.165. The van der Waals surface area contributed by atoms with Gasteiger partial charge in [-0.15, -0.1) is 0 Å². The van der Waals surface area contributed by atoms with Crippen LogP contribution in [-0.4, -0.2) is 77.3 Å². The van der Waals surface area contributed by atoms with Gasteiger partial charge in [0.25, 0.3) is 5.91 Å². The Labute approximate surface area is 305 Å². The van der Waals surface area contributed by atoms with Gasteiger partial charge in [-0.2, -0.15) is 0 Å². The number of ether oxygens (including phenoxy) is 4. The molecule has 0 spiro atoms. The zero-order valence-corrected chi connectivity index (χ0v) is 31.2. The predicted molar refractivity (Wildman–Crippen MR) is 192 cm³/mol. The average molecular weight is 722 g/mol. The molecule has 2 atom stereocenters. The summed E-state index contributed by atoms with van der Waals surface area (Å²) < 4.78 is 21.9. The third kappa shape index (κ3) is 12.3. The third-order valence-corrected chi connectivity index (χ3v) is 8.36.